The standard InChI is InChI=1S/C30H27BrFIN4O4/c1-40-26-13-18(12-24(33)28(26)41-17-27(38)35-22-9-5-8-21(32)15-22)16-34-37-29(19-6-3-2-4-7-19)36-25-11-10-20(31)14-23(25)30(37)39/h5,8-16,19H,2-4,6-7,17H2,1H3,(H,35,38). The number of carbonyl (C=O) groups excluding carboxylic acids is 1. The monoisotopic (exact) mass is 732 g/mol. The molecule has 1 fully saturated rings. The fourth-order valence-electron chi connectivity index (χ4n) is 4.88. The van der Waals surface area contributed by atoms with E-state index in [4.69, 9.17) is 14.5 Å². The molecule has 0 spiro atoms. The summed E-state index contributed by atoms with van der Waals surface area (Å²) in [5, 5.41) is 7.71. The highest BCUT2D eigenvalue weighted by molar-refractivity contribution is 14.1. The van der Waals surface area contributed by atoms with Crippen LogP contribution in [0.4, 0.5) is 10.1 Å². The Hall–Kier alpha value is -3.32. The topological polar surface area (TPSA) is 94.8 Å². The first-order valence-electron chi connectivity index (χ1n) is 13.1. The van der Waals surface area contributed by atoms with Crippen molar-refractivity contribution in [3.63, 3.8) is 0 Å². The van der Waals surface area contributed by atoms with E-state index in [0.717, 1.165) is 30.2 Å². The van der Waals surface area contributed by atoms with Crippen molar-refractivity contribution in [2.24, 2.45) is 5.10 Å². The summed E-state index contributed by atoms with van der Waals surface area (Å²) in [6.07, 6.45) is 6.91. The second kappa shape index (κ2) is 13.1. The predicted octanol–water partition coefficient (Wildman–Crippen LogP) is 6.86. The molecule has 1 aromatic heterocycles. The van der Waals surface area contributed by atoms with Crippen LogP contribution in [0.5, 0.6) is 11.5 Å². The second-order valence-electron chi connectivity index (χ2n) is 9.71. The molecule has 1 heterocycles. The third-order valence-electron chi connectivity index (χ3n) is 6.83. The average Bonchev–Trinajstić information content (AvgIpc) is 2.96. The summed E-state index contributed by atoms with van der Waals surface area (Å²) >= 11 is 5.55. The molecule has 0 radical (unpaired) electrons. The second-order valence-corrected chi connectivity index (χ2v) is 11.8. The summed E-state index contributed by atoms with van der Waals surface area (Å²) in [4.78, 5) is 30.8. The molecule has 0 unspecified atom stereocenters. The van der Waals surface area contributed by atoms with Gasteiger partial charge in [-0.3, -0.25) is 9.59 Å². The van der Waals surface area contributed by atoms with E-state index in [9.17, 15) is 14.0 Å². The van der Waals surface area contributed by atoms with Crippen molar-refractivity contribution in [1.82, 2.24) is 9.66 Å². The average molecular weight is 733 g/mol. The Morgan fingerprint density at radius 3 is 2.76 bits per heavy atom. The molecule has 1 aliphatic rings. The number of methoxy groups -OCH3 is 1. The van der Waals surface area contributed by atoms with Crippen LogP contribution in [0.15, 0.2) is 69.0 Å². The van der Waals surface area contributed by atoms with Gasteiger partial charge in [0.05, 0.1) is 27.8 Å². The van der Waals surface area contributed by atoms with Gasteiger partial charge in [-0.15, -0.1) is 0 Å². The highest BCUT2D eigenvalue weighted by Crippen LogP contribution is 2.34. The molecule has 4 aromatic rings. The van der Waals surface area contributed by atoms with Crippen LogP contribution in [-0.4, -0.2) is 35.5 Å². The molecule has 0 atom stereocenters. The molecule has 1 N–H and O–H groups in total. The van der Waals surface area contributed by atoms with Crippen LogP contribution in [0, 0.1) is 9.39 Å². The van der Waals surface area contributed by atoms with E-state index < -0.39 is 11.7 Å². The summed E-state index contributed by atoms with van der Waals surface area (Å²) in [5.41, 5.74) is 1.45. The Balaban J connectivity index is 1.41. The van der Waals surface area contributed by atoms with Gasteiger partial charge < -0.3 is 14.8 Å². The van der Waals surface area contributed by atoms with Crippen LogP contribution < -0.4 is 20.3 Å². The zero-order chi connectivity index (χ0) is 28.9. The normalized spacial score (nSPS) is 14.0. The van der Waals surface area contributed by atoms with E-state index >= 15 is 0 Å². The van der Waals surface area contributed by atoms with Gasteiger partial charge in [-0.2, -0.15) is 9.78 Å². The number of hydrogen-bond acceptors (Lipinski definition) is 6. The first-order chi connectivity index (χ1) is 19.8. The van der Waals surface area contributed by atoms with Crippen LogP contribution in [0.3, 0.4) is 0 Å². The Morgan fingerprint density at radius 1 is 1.20 bits per heavy atom. The van der Waals surface area contributed by atoms with Crippen molar-refractivity contribution in [3.05, 3.63) is 90.2 Å². The Kier molecular flexibility index (Phi) is 9.33. The number of amides is 1. The molecular weight excluding hydrogens is 706 g/mol. The number of nitrogens with zero attached hydrogens (tertiary/aromatic N) is 3. The summed E-state index contributed by atoms with van der Waals surface area (Å²) in [7, 11) is 1.50. The number of ether oxygens (including phenoxy) is 2. The molecule has 0 saturated heterocycles. The van der Waals surface area contributed by atoms with Crippen molar-refractivity contribution in [2.75, 3.05) is 19.0 Å². The first-order valence-corrected chi connectivity index (χ1v) is 15.0. The van der Waals surface area contributed by atoms with E-state index in [-0.39, 0.29) is 18.1 Å². The minimum absolute atomic E-state index is 0.158. The van der Waals surface area contributed by atoms with Crippen LogP contribution in [0.25, 0.3) is 10.9 Å². The van der Waals surface area contributed by atoms with Gasteiger partial charge in [0.1, 0.15) is 11.6 Å². The lowest BCUT2D eigenvalue weighted by atomic mass is 9.88. The minimum Gasteiger partial charge on any atom is -0.493 e. The summed E-state index contributed by atoms with van der Waals surface area (Å²) in [6.45, 7) is -0.297. The summed E-state index contributed by atoms with van der Waals surface area (Å²) < 4.78 is 27.6. The van der Waals surface area contributed by atoms with Gasteiger partial charge in [0, 0.05) is 16.1 Å². The smallest absolute Gasteiger partial charge is 0.282 e. The molecule has 212 valence electrons. The zero-order valence-corrected chi connectivity index (χ0v) is 25.9. The highest BCUT2D eigenvalue weighted by atomic mass is 127. The van der Waals surface area contributed by atoms with E-state index in [1.54, 1.807) is 24.4 Å². The van der Waals surface area contributed by atoms with Gasteiger partial charge in [0.2, 0.25) is 0 Å². The number of fused-ring (bicyclic) bond motifs is 1. The molecule has 1 amide bonds. The van der Waals surface area contributed by atoms with Crippen molar-refractivity contribution < 1.29 is 18.7 Å². The lowest BCUT2D eigenvalue weighted by Gasteiger charge is -2.22. The van der Waals surface area contributed by atoms with Crippen LogP contribution >= 0.6 is 38.5 Å². The maximum Gasteiger partial charge on any atom is 0.282 e. The Labute approximate surface area is 258 Å². The number of benzene rings is 3. The summed E-state index contributed by atoms with van der Waals surface area (Å²) in [5.74, 6) is 0.730. The molecule has 8 nitrogen and oxygen atoms in total. The van der Waals surface area contributed by atoms with Gasteiger partial charge in [-0.25, -0.2) is 9.37 Å². The fourth-order valence-corrected chi connectivity index (χ4v) is 6.02. The van der Waals surface area contributed by atoms with Crippen LogP contribution in [0.2, 0.25) is 0 Å². The SMILES string of the molecule is COc1cc(C=Nn2c(C3CCCCC3)nc3ccc(Br)cc3c2=O)cc(I)c1OCC(=O)Nc1cccc(F)c1. The highest BCUT2D eigenvalue weighted by Gasteiger charge is 2.23. The van der Waals surface area contributed by atoms with Crippen LogP contribution in [0.1, 0.15) is 49.4 Å². The van der Waals surface area contributed by atoms with Crippen molar-refractivity contribution >= 4 is 67.2 Å². The van der Waals surface area contributed by atoms with Crippen molar-refractivity contribution in [1.29, 1.82) is 0 Å². The van der Waals surface area contributed by atoms with Gasteiger partial charge in [0.15, 0.2) is 18.1 Å². The van der Waals surface area contributed by atoms with Crippen LogP contribution in [-0.2, 0) is 4.79 Å². The molecule has 0 bridgehead atoms. The summed E-state index contributed by atoms with van der Waals surface area (Å²) in [6, 6.07) is 14.7. The van der Waals surface area contributed by atoms with Gasteiger partial charge in [0.25, 0.3) is 11.5 Å². The van der Waals surface area contributed by atoms with Gasteiger partial charge in [-0.05, 0) is 89.5 Å². The van der Waals surface area contributed by atoms with Gasteiger partial charge in [-0.1, -0.05) is 41.3 Å². The van der Waals surface area contributed by atoms with Gasteiger partial charge >= 0.3 is 0 Å². The molecule has 11 heteroatoms. The number of hydrogen-bond donors (Lipinski definition) is 1. The molecule has 5 rings (SSSR count). The molecule has 3 aromatic carbocycles. The number of anilines is 1. The zero-order valence-electron chi connectivity index (χ0n) is 22.2. The van der Waals surface area contributed by atoms with E-state index in [0.29, 0.717) is 43.0 Å². The third-order valence-corrected chi connectivity index (χ3v) is 8.13. The molecular formula is C30H27BrFIN4O4. The van der Waals surface area contributed by atoms with Crippen molar-refractivity contribution in [2.45, 2.75) is 38.0 Å². The maximum absolute atomic E-state index is 13.6. The van der Waals surface area contributed by atoms with Crippen molar-refractivity contribution in [3.8, 4) is 11.5 Å². The quantitative estimate of drug-likeness (QED) is 0.158. The largest absolute Gasteiger partial charge is 0.493 e. The minimum atomic E-state index is -0.447. The lowest BCUT2D eigenvalue weighted by molar-refractivity contribution is -0.118. The molecule has 1 saturated carbocycles. The maximum atomic E-state index is 13.6. The Morgan fingerprint density at radius 2 is 2.00 bits per heavy atom. The lowest BCUT2D eigenvalue weighted by Crippen LogP contribution is -2.25. The van der Waals surface area contributed by atoms with E-state index in [1.807, 2.05) is 18.2 Å². The third kappa shape index (κ3) is 6.95. The number of carbonyl (C=O) groups is 1. The van der Waals surface area contributed by atoms with E-state index in [1.165, 1.54) is 36.4 Å². The number of nitrogens with one attached hydrogen (secondary N) is 1. The number of rotatable bonds is 8. The molecule has 41 heavy (non-hydrogen) atoms. The fraction of sp³-hybridized carbons (Fsp3) is 0.267. The van der Waals surface area contributed by atoms with E-state index in [2.05, 4.69) is 48.9 Å². The Bertz CT molecular complexity index is 1690. The first kappa shape index (κ1) is 29.2. The molecule has 1 aliphatic carbocycles. The predicted molar refractivity (Wildman–Crippen MR) is 169 cm³/mol. The number of halogens is 3. The molecule has 0 aliphatic heterocycles. The number of aromatic nitrogens is 2.